The van der Waals surface area contributed by atoms with Gasteiger partial charge in [0.15, 0.2) is 0 Å². The van der Waals surface area contributed by atoms with Crippen molar-refractivity contribution in [1.29, 1.82) is 0 Å². The van der Waals surface area contributed by atoms with E-state index in [0.717, 1.165) is 5.56 Å². The van der Waals surface area contributed by atoms with Crippen molar-refractivity contribution < 1.29 is 9.18 Å². The number of aromatic nitrogens is 2. The summed E-state index contributed by atoms with van der Waals surface area (Å²) in [7, 11) is 0. The van der Waals surface area contributed by atoms with Crippen molar-refractivity contribution in [2.75, 3.05) is 0 Å². The van der Waals surface area contributed by atoms with Crippen LogP contribution >= 0.6 is 0 Å². The van der Waals surface area contributed by atoms with Crippen LogP contribution in [0.25, 0.3) is 0 Å². The van der Waals surface area contributed by atoms with E-state index in [-0.39, 0.29) is 30.3 Å². The van der Waals surface area contributed by atoms with Crippen molar-refractivity contribution in [3.63, 3.8) is 0 Å². The molecule has 0 spiro atoms. The second-order valence-electron chi connectivity index (χ2n) is 4.59. The van der Waals surface area contributed by atoms with E-state index >= 15 is 0 Å². The first-order chi connectivity index (χ1) is 9.95. The summed E-state index contributed by atoms with van der Waals surface area (Å²) in [6.45, 7) is 1.79. The molecule has 0 aliphatic heterocycles. The highest BCUT2D eigenvalue weighted by Crippen LogP contribution is 2.02. The number of aromatic amines is 2. The number of aryl methyl sites for hydroxylation is 1. The molecule has 0 radical (unpaired) electrons. The summed E-state index contributed by atoms with van der Waals surface area (Å²) in [5.41, 5.74) is 0.143. The number of rotatable bonds is 4. The first kappa shape index (κ1) is 14.7. The first-order valence-electron chi connectivity index (χ1n) is 6.29. The minimum Gasteiger partial charge on any atom is -0.352 e. The van der Waals surface area contributed by atoms with Gasteiger partial charge in [0.05, 0.1) is 6.42 Å². The number of H-pyrrole nitrogens is 2. The zero-order chi connectivity index (χ0) is 15.4. The van der Waals surface area contributed by atoms with Gasteiger partial charge in [-0.2, -0.15) is 0 Å². The molecular formula is C14H14FN3O3. The van der Waals surface area contributed by atoms with Gasteiger partial charge in [-0.3, -0.25) is 14.6 Å². The highest BCUT2D eigenvalue weighted by atomic mass is 19.1. The molecule has 7 heteroatoms. The fourth-order valence-corrected chi connectivity index (χ4v) is 1.86. The molecular weight excluding hydrogens is 277 g/mol. The zero-order valence-corrected chi connectivity index (χ0v) is 11.3. The van der Waals surface area contributed by atoms with Gasteiger partial charge < -0.3 is 10.3 Å². The molecule has 1 aromatic heterocycles. The second-order valence-corrected chi connectivity index (χ2v) is 4.59. The highest BCUT2D eigenvalue weighted by molar-refractivity contribution is 5.78. The van der Waals surface area contributed by atoms with Crippen LogP contribution in [0.2, 0.25) is 0 Å². The number of benzene rings is 1. The van der Waals surface area contributed by atoms with Gasteiger partial charge in [0.25, 0.3) is 5.56 Å². The van der Waals surface area contributed by atoms with Crippen LogP contribution < -0.4 is 16.6 Å². The molecule has 0 aliphatic carbocycles. The molecule has 0 saturated carbocycles. The minimum absolute atomic E-state index is 0.140. The Labute approximate surface area is 119 Å². The lowest BCUT2D eigenvalue weighted by molar-refractivity contribution is -0.120. The van der Waals surface area contributed by atoms with E-state index in [2.05, 4.69) is 15.3 Å². The lowest BCUT2D eigenvalue weighted by atomic mass is 10.1. The Morgan fingerprint density at radius 3 is 2.48 bits per heavy atom. The van der Waals surface area contributed by atoms with Crippen LogP contribution in [0.5, 0.6) is 0 Å². The molecule has 21 heavy (non-hydrogen) atoms. The molecule has 6 nitrogen and oxygen atoms in total. The molecule has 0 bridgehead atoms. The van der Waals surface area contributed by atoms with Crippen molar-refractivity contribution in [3.8, 4) is 0 Å². The van der Waals surface area contributed by atoms with Crippen LogP contribution in [-0.4, -0.2) is 15.9 Å². The quantitative estimate of drug-likeness (QED) is 0.759. The molecule has 0 atom stereocenters. The lowest BCUT2D eigenvalue weighted by Gasteiger charge is -2.06. The molecule has 0 aliphatic rings. The molecule has 0 unspecified atom stereocenters. The van der Waals surface area contributed by atoms with Crippen molar-refractivity contribution in [1.82, 2.24) is 15.3 Å². The summed E-state index contributed by atoms with van der Waals surface area (Å²) in [6, 6.07) is 5.73. The van der Waals surface area contributed by atoms with E-state index < -0.39 is 11.2 Å². The smallest absolute Gasteiger partial charge is 0.325 e. The van der Waals surface area contributed by atoms with Gasteiger partial charge in [0, 0.05) is 17.8 Å². The zero-order valence-electron chi connectivity index (χ0n) is 11.3. The third kappa shape index (κ3) is 3.88. The standard InChI is InChI=1S/C14H14FN3O3/c1-8-11(13(20)18-14(21)17-8)6-12(19)16-7-9-2-4-10(15)5-3-9/h2-5H,6-7H2,1H3,(H,16,19)(H2,17,18,20,21). The first-order valence-corrected chi connectivity index (χ1v) is 6.29. The highest BCUT2D eigenvalue weighted by Gasteiger charge is 2.11. The van der Waals surface area contributed by atoms with Crippen LogP contribution in [0.1, 0.15) is 16.8 Å². The second kappa shape index (κ2) is 6.17. The maximum atomic E-state index is 12.7. The predicted octanol–water partition coefficient (Wildman–Crippen LogP) is 0.370. The summed E-state index contributed by atoms with van der Waals surface area (Å²) >= 11 is 0. The van der Waals surface area contributed by atoms with Gasteiger partial charge in [0.2, 0.25) is 5.91 Å². The largest absolute Gasteiger partial charge is 0.352 e. The Morgan fingerprint density at radius 2 is 1.86 bits per heavy atom. The third-order valence-corrected chi connectivity index (χ3v) is 3.00. The van der Waals surface area contributed by atoms with Crippen molar-refractivity contribution >= 4 is 5.91 Å². The van der Waals surface area contributed by atoms with E-state index in [1.54, 1.807) is 19.1 Å². The average molecular weight is 291 g/mol. The minimum atomic E-state index is -0.604. The molecule has 1 aromatic carbocycles. The fourth-order valence-electron chi connectivity index (χ4n) is 1.86. The van der Waals surface area contributed by atoms with Crippen molar-refractivity contribution in [2.24, 2.45) is 0 Å². The lowest BCUT2D eigenvalue weighted by Crippen LogP contribution is -2.32. The Balaban J connectivity index is 2.01. The number of carbonyl (C=O) groups is 1. The van der Waals surface area contributed by atoms with E-state index in [9.17, 15) is 18.8 Å². The molecule has 1 amide bonds. The topological polar surface area (TPSA) is 94.8 Å². The molecule has 1 heterocycles. The molecule has 2 aromatic rings. The number of hydrogen-bond acceptors (Lipinski definition) is 3. The Bertz CT molecular complexity index is 762. The maximum absolute atomic E-state index is 12.7. The number of nitrogens with one attached hydrogen (secondary N) is 3. The maximum Gasteiger partial charge on any atom is 0.325 e. The summed E-state index contributed by atoms with van der Waals surface area (Å²) in [4.78, 5) is 39.0. The van der Waals surface area contributed by atoms with Crippen LogP contribution in [0.15, 0.2) is 33.9 Å². The van der Waals surface area contributed by atoms with Crippen LogP contribution in [0.3, 0.4) is 0 Å². The SMILES string of the molecule is Cc1[nH]c(=O)[nH]c(=O)c1CC(=O)NCc1ccc(F)cc1. The van der Waals surface area contributed by atoms with Crippen LogP contribution in [0, 0.1) is 12.7 Å². The number of amides is 1. The summed E-state index contributed by atoms with van der Waals surface area (Å²) < 4.78 is 12.7. The normalized spacial score (nSPS) is 10.4. The van der Waals surface area contributed by atoms with Gasteiger partial charge in [-0.05, 0) is 24.6 Å². The van der Waals surface area contributed by atoms with Gasteiger partial charge in [0.1, 0.15) is 5.82 Å². The Morgan fingerprint density at radius 1 is 1.19 bits per heavy atom. The number of carbonyl (C=O) groups excluding carboxylic acids is 1. The van der Waals surface area contributed by atoms with Crippen molar-refractivity contribution in [3.05, 3.63) is 67.7 Å². The Hall–Kier alpha value is -2.70. The van der Waals surface area contributed by atoms with Crippen molar-refractivity contribution in [2.45, 2.75) is 19.9 Å². The fraction of sp³-hybridized carbons (Fsp3) is 0.214. The molecule has 3 N–H and O–H groups in total. The summed E-state index contributed by atoms with van der Waals surface area (Å²) in [5, 5.41) is 2.63. The van der Waals surface area contributed by atoms with Crippen LogP contribution in [0.4, 0.5) is 4.39 Å². The monoisotopic (exact) mass is 291 g/mol. The summed E-state index contributed by atoms with van der Waals surface area (Å²) in [6.07, 6.45) is -0.140. The van der Waals surface area contributed by atoms with E-state index in [0.29, 0.717) is 5.69 Å². The average Bonchev–Trinajstić information content (AvgIpc) is 2.42. The third-order valence-electron chi connectivity index (χ3n) is 3.00. The Kier molecular flexibility index (Phi) is 4.32. The molecule has 110 valence electrons. The van der Waals surface area contributed by atoms with Gasteiger partial charge in [-0.1, -0.05) is 12.1 Å². The van der Waals surface area contributed by atoms with Gasteiger partial charge >= 0.3 is 5.69 Å². The number of halogens is 1. The van der Waals surface area contributed by atoms with Crippen LogP contribution in [-0.2, 0) is 17.8 Å². The molecule has 2 rings (SSSR count). The van der Waals surface area contributed by atoms with E-state index in [1.807, 2.05) is 0 Å². The van der Waals surface area contributed by atoms with E-state index in [4.69, 9.17) is 0 Å². The number of hydrogen-bond donors (Lipinski definition) is 3. The van der Waals surface area contributed by atoms with Gasteiger partial charge in [-0.25, -0.2) is 9.18 Å². The van der Waals surface area contributed by atoms with E-state index in [1.165, 1.54) is 12.1 Å². The molecule has 0 saturated heterocycles. The predicted molar refractivity (Wildman–Crippen MR) is 74.4 cm³/mol. The van der Waals surface area contributed by atoms with Gasteiger partial charge in [-0.15, -0.1) is 0 Å². The summed E-state index contributed by atoms with van der Waals surface area (Å²) in [5.74, 6) is -0.708. The molecule has 0 fully saturated rings.